The van der Waals surface area contributed by atoms with Crippen molar-refractivity contribution in [2.24, 2.45) is 0 Å². The third-order valence-corrected chi connectivity index (χ3v) is 6.71. The van der Waals surface area contributed by atoms with Crippen molar-refractivity contribution in [1.82, 2.24) is 4.31 Å². The molecule has 0 bridgehead atoms. The monoisotopic (exact) mass is 437 g/mol. The van der Waals surface area contributed by atoms with Crippen molar-refractivity contribution >= 4 is 44.8 Å². The second-order valence-corrected chi connectivity index (χ2v) is 8.65. The number of anilines is 2. The maximum Gasteiger partial charge on any atom is 0.244 e. The van der Waals surface area contributed by atoms with Crippen LogP contribution in [0.15, 0.2) is 47.4 Å². The zero-order chi connectivity index (χ0) is 21.6. The van der Waals surface area contributed by atoms with Crippen molar-refractivity contribution in [3.63, 3.8) is 0 Å². The lowest BCUT2D eigenvalue weighted by Crippen LogP contribution is -2.30. The van der Waals surface area contributed by atoms with Gasteiger partial charge in [0.1, 0.15) is 4.90 Å². The Kier molecular flexibility index (Phi) is 7.78. The summed E-state index contributed by atoms with van der Waals surface area (Å²) < 4.78 is 26.8. The molecule has 9 heteroatoms. The number of nitrogens with zero attached hydrogens (tertiary/aromatic N) is 1. The zero-order valence-electron chi connectivity index (χ0n) is 16.5. The molecule has 7 nitrogen and oxygen atoms in total. The number of hydrogen-bond donors (Lipinski definition) is 2. The molecule has 0 saturated heterocycles. The molecule has 2 aromatic rings. The molecular formula is C20H24ClN3O4S. The van der Waals surface area contributed by atoms with Crippen molar-refractivity contribution in [2.45, 2.75) is 32.1 Å². The second-order valence-electron chi connectivity index (χ2n) is 6.34. The minimum atomic E-state index is -3.75. The molecule has 0 unspecified atom stereocenters. The lowest BCUT2D eigenvalue weighted by Gasteiger charge is -2.19. The van der Waals surface area contributed by atoms with E-state index in [0.29, 0.717) is 24.5 Å². The predicted molar refractivity (Wildman–Crippen MR) is 115 cm³/mol. The Labute approximate surface area is 176 Å². The van der Waals surface area contributed by atoms with E-state index in [0.717, 1.165) is 5.56 Å². The molecule has 0 aliphatic carbocycles. The van der Waals surface area contributed by atoms with E-state index in [1.807, 2.05) is 0 Å². The smallest absolute Gasteiger partial charge is 0.244 e. The van der Waals surface area contributed by atoms with Gasteiger partial charge in [-0.1, -0.05) is 37.6 Å². The van der Waals surface area contributed by atoms with Crippen LogP contribution in [-0.2, 0) is 26.0 Å². The highest BCUT2D eigenvalue weighted by atomic mass is 35.5. The largest absolute Gasteiger partial charge is 0.326 e. The number of nitrogens with one attached hydrogen (secondary N) is 2. The fraction of sp³-hybridized carbons (Fsp3) is 0.300. The summed E-state index contributed by atoms with van der Waals surface area (Å²) in [5.41, 5.74) is 1.74. The topological polar surface area (TPSA) is 95.6 Å². The van der Waals surface area contributed by atoms with E-state index in [4.69, 9.17) is 11.6 Å². The zero-order valence-corrected chi connectivity index (χ0v) is 18.1. The second kappa shape index (κ2) is 9.87. The van der Waals surface area contributed by atoms with Crippen LogP contribution in [0.4, 0.5) is 11.4 Å². The van der Waals surface area contributed by atoms with Gasteiger partial charge in [0.2, 0.25) is 21.8 Å². The molecule has 0 aliphatic heterocycles. The van der Waals surface area contributed by atoms with E-state index < -0.39 is 10.0 Å². The molecule has 2 aromatic carbocycles. The number of carbonyl (C=O) groups excluding carboxylic acids is 2. The van der Waals surface area contributed by atoms with Crippen molar-refractivity contribution in [3.8, 4) is 0 Å². The quantitative estimate of drug-likeness (QED) is 0.660. The Balaban J connectivity index is 2.14. The third-order valence-electron chi connectivity index (χ3n) is 4.18. The number of benzene rings is 2. The van der Waals surface area contributed by atoms with Gasteiger partial charge in [0, 0.05) is 31.4 Å². The highest BCUT2D eigenvalue weighted by molar-refractivity contribution is 7.89. The van der Waals surface area contributed by atoms with Crippen molar-refractivity contribution in [3.05, 3.63) is 53.1 Å². The van der Waals surface area contributed by atoms with Gasteiger partial charge in [0.05, 0.1) is 11.4 Å². The normalized spacial score (nSPS) is 11.3. The van der Waals surface area contributed by atoms with Crippen LogP contribution in [0.1, 0.15) is 26.3 Å². The predicted octanol–water partition coefficient (Wildman–Crippen LogP) is 3.51. The summed E-state index contributed by atoms with van der Waals surface area (Å²) in [5.74, 6) is -0.473. The van der Waals surface area contributed by atoms with Crippen LogP contribution in [0.2, 0.25) is 5.02 Å². The molecule has 0 atom stereocenters. The third kappa shape index (κ3) is 6.03. The summed E-state index contributed by atoms with van der Waals surface area (Å²) in [4.78, 5) is 23.4. The van der Waals surface area contributed by atoms with Crippen LogP contribution < -0.4 is 10.6 Å². The van der Waals surface area contributed by atoms with Crippen molar-refractivity contribution < 1.29 is 18.0 Å². The number of sulfonamides is 1. The lowest BCUT2D eigenvalue weighted by molar-refractivity contribution is -0.116. The van der Waals surface area contributed by atoms with Gasteiger partial charge in [0.15, 0.2) is 0 Å². The Morgan fingerprint density at radius 2 is 1.55 bits per heavy atom. The molecule has 0 saturated carbocycles. The van der Waals surface area contributed by atoms with E-state index in [1.165, 1.54) is 23.4 Å². The minimum Gasteiger partial charge on any atom is -0.326 e. The molecule has 0 aromatic heterocycles. The first-order valence-corrected chi connectivity index (χ1v) is 10.9. The fourth-order valence-corrected chi connectivity index (χ4v) is 4.74. The van der Waals surface area contributed by atoms with Crippen LogP contribution >= 0.6 is 11.6 Å². The molecule has 0 aliphatic rings. The van der Waals surface area contributed by atoms with Crippen LogP contribution in [0.25, 0.3) is 0 Å². The minimum absolute atomic E-state index is 0.0414. The van der Waals surface area contributed by atoms with Gasteiger partial charge in [-0.2, -0.15) is 4.31 Å². The Morgan fingerprint density at radius 1 is 0.966 bits per heavy atom. The number of carbonyl (C=O) groups is 2. The first-order chi connectivity index (χ1) is 13.7. The van der Waals surface area contributed by atoms with Crippen molar-refractivity contribution in [2.75, 3.05) is 23.7 Å². The fourth-order valence-electron chi connectivity index (χ4n) is 2.78. The average Bonchev–Trinajstić information content (AvgIpc) is 2.65. The maximum absolute atomic E-state index is 12.8. The summed E-state index contributed by atoms with van der Waals surface area (Å²) in [7, 11) is -3.75. The summed E-state index contributed by atoms with van der Waals surface area (Å²) in [6.07, 6.45) is 0.0983. The highest BCUT2D eigenvalue weighted by Gasteiger charge is 2.25. The maximum atomic E-state index is 12.8. The summed E-state index contributed by atoms with van der Waals surface area (Å²) in [6, 6.07) is 11.3. The van der Waals surface area contributed by atoms with Crippen LogP contribution in [0.5, 0.6) is 0 Å². The number of rotatable bonds is 8. The van der Waals surface area contributed by atoms with Gasteiger partial charge < -0.3 is 10.6 Å². The first-order valence-electron chi connectivity index (χ1n) is 9.13. The highest BCUT2D eigenvalue weighted by Crippen LogP contribution is 2.28. The number of amides is 2. The lowest BCUT2D eigenvalue weighted by atomic mass is 10.1. The van der Waals surface area contributed by atoms with E-state index in [9.17, 15) is 18.0 Å². The Bertz CT molecular complexity index is 987. The standard InChI is InChI=1S/C20H24ClN3O4S/c1-4-24(5-2)29(27,28)19-13-17(10-11-18(19)21)23-20(26)12-15-6-8-16(9-7-15)22-14(3)25/h6-11,13H,4-5,12H2,1-3H3,(H,22,25)(H,23,26). The van der Waals surface area contributed by atoms with Gasteiger partial charge in [-0.05, 0) is 35.9 Å². The molecule has 0 radical (unpaired) electrons. The average molecular weight is 438 g/mol. The molecule has 29 heavy (non-hydrogen) atoms. The molecule has 0 spiro atoms. The van der Waals surface area contributed by atoms with Crippen LogP contribution in [-0.4, -0.2) is 37.6 Å². The van der Waals surface area contributed by atoms with E-state index >= 15 is 0 Å². The van der Waals surface area contributed by atoms with Gasteiger partial charge in [-0.25, -0.2) is 8.42 Å². The van der Waals surface area contributed by atoms with E-state index in [1.54, 1.807) is 44.2 Å². The van der Waals surface area contributed by atoms with Crippen LogP contribution in [0.3, 0.4) is 0 Å². The molecule has 0 fully saturated rings. The van der Waals surface area contributed by atoms with Gasteiger partial charge in [-0.15, -0.1) is 0 Å². The van der Waals surface area contributed by atoms with Crippen molar-refractivity contribution in [1.29, 1.82) is 0 Å². The molecule has 0 heterocycles. The Hall–Kier alpha value is -2.42. The summed E-state index contributed by atoms with van der Waals surface area (Å²) in [5, 5.41) is 5.46. The van der Waals surface area contributed by atoms with Gasteiger partial charge in [0.25, 0.3) is 0 Å². The van der Waals surface area contributed by atoms with Gasteiger partial charge in [-0.3, -0.25) is 9.59 Å². The van der Waals surface area contributed by atoms with Crippen LogP contribution in [0, 0.1) is 0 Å². The molecule has 2 N–H and O–H groups in total. The number of halogens is 1. The summed E-state index contributed by atoms with van der Waals surface area (Å²) in [6.45, 7) is 5.55. The summed E-state index contributed by atoms with van der Waals surface area (Å²) >= 11 is 6.11. The Morgan fingerprint density at radius 3 is 2.10 bits per heavy atom. The van der Waals surface area contributed by atoms with Gasteiger partial charge >= 0.3 is 0 Å². The molecule has 2 rings (SSSR count). The van der Waals surface area contributed by atoms with E-state index in [-0.39, 0.29) is 28.2 Å². The number of hydrogen-bond acceptors (Lipinski definition) is 4. The molecule has 156 valence electrons. The molecular weight excluding hydrogens is 414 g/mol. The van der Waals surface area contributed by atoms with E-state index in [2.05, 4.69) is 10.6 Å². The first kappa shape index (κ1) is 22.9. The molecule has 2 amide bonds. The SMILES string of the molecule is CCN(CC)S(=O)(=O)c1cc(NC(=O)Cc2ccc(NC(C)=O)cc2)ccc1Cl.